The van der Waals surface area contributed by atoms with Crippen LogP contribution in [0, 0.1) is 53.3 Å². The second-order valence-corrected chi connectivity index (χ2v) is 15.8. The highest BCUT2D eigenvalue weighted by atomic mass is 16.6. The SMILES string of the molecule is Cc1cc(=O)oc2cc(OCC(=O)O[C@H]3CC[C@@]4(C)C(=CCC5C4CC[C@@]4(C)C5CC[C@@H]4[C@H](C)CCCC(C)C)C3)ccc12. The van der Waals surface area contributed by atoms with E-state index in [1.165, 1.54) is 63.0 Å². The summed E-state index contributed by atoms with van der Waals surface area (Å²) < 4.78 is 17.0. The lowest BCUT2D eigenvalue weighted by atomic mass is 9.47. The summed E-state index contributed by atoms with van der Waals surface area (Å²) >= 11 is 0. The predicted molar refractivity (Wildman–Crippen MR) is 176 cm³/mol. The van der Waals surface area contributed by atoms with E-state index in [2.05, 4.69) is 40.7 Å². The number of allylic oxidation sites excluding steroid dienone is 1. The molecule has 2 aromatic rings. The van der Waals surface area contributed by atoms with Gasteiger partial charge in [0.25, 0.3) is 0 Å². The number of hydrogen-bond donors (Lipinski definition) is 0. The number of carbonyl (C=O) groups excluding carboxylic acids is 1. The van der Waals surface area contributed by atoms with Gasteiger partial charge in [-0.2, -0.15) is 0 Å². The Morgan fingerprint density at radius 3 is 2.64 bits per heavy atom. The number of aryl methyl sites for hydroxylation is 1. The van der Waals surface area contributed by atoms with Crippen LogP contribution >= 0.6 is 0 Å². The Bertz CT molecular complexity index is 1450. The largest absolute Gasteiger partial charge is 0.482 e. The minimum Gasteiger partial charge on any atom is -0.482 e. The van der Waals surface area contributed by atoms with Crippen molar-refractivity contribution < 1.29 is 18.7 Å². The summed E-state index contributed by atoms with van der Waals surface area (Å²) in [5.41, 5.74) is 3.19. The van der Waals surface area contributed by atoms with Gasteiger partial charge in [-0.3, -0.25) is 0 Å². The van der Waals surface area contributed by atoms with Crippen molar-refractivity contribution in [3.05, 3.63) is 51.9 Å². The normalized spacial score (nSPS) is 33.7. The van der Waals surface area contributed by atoms with E-state index in [0.717, 1.165) is 65.7 Å². The average Bonchev–Trinajstić information content (AvgIpc) is 3.33. The summed E-state index contributed by atoms with van der Waals surface area (Å²) in [5, 5.41) is 0.856. The van der Waals surface area contributed by atoms with Crippen LogP contribution in [0.25, 0.3) is 11.0 Å². The van der Waals surface area contributed by atoms with Crippen LogP contribution in [-0.4, -0.2) is 18.7 Å². The zero-order valence-corrected chi connectivity index (χ0v) is 28.0. The lowest BCUT2D eigenvalue weighted by Crippen LogP contribution is -2.51. The van der Waals surface area contributed by atoms with Crippen LogP contribution in [0.1, 0.15) is 111 Å². The molecule has 0 aliphatic heterocycles. The van der Waals surface area contributed by atoms with Gasteiger partial charge < -0.3 is 13.9 Å². The number of hydrogen-bond acceptors (Lipinski definition) is 5. The first-order valence-electron chi connectivity index (χ1n) is 17.5. The quantitative estimate of drug-likeness (QED) is 0.162. The van der Waals surface area contributed by atoms with Crippen LogP contribution in [0.4, 0.5) is 0 Å². The highest BCUT2D eigenvalue weighted by molar-refractivity contribution is 5.81. The van der Waals surface area contributed by atoms with E-state index in [4.69, 9.17) is 13.9 Å². The molecule has 1 aromatic carbocycles. The molecule has 44 heavy (non-hydrogen) atoms. The van der Waals surface area contributed by atoms with Crippen LogP contribution in [0.15, 0.2) is 45.1 Å². The Morgan fingerprint density at radius 1 is 1.02 bits per heavy atom. The van der Waals surface area contributed by atoms with Crippen molar-refractivity contribution in [1.29, 1.82) is 0 Å². The van der Waals surface area contributed by atoms with E-state index < -0.39 is 5.63 Å². The molecule has 0 N–H and O–H groups in total. The summed E-state index contributed by atoms with van der Waals surface area (Å²) in [4.78, 5) is 24.6. The van der Waals surface area contributed by atoms with Crippen LogP contribution in [0.3, 0.4) is 0 Å². The second-order valence-electron chi connectivity index (χ2n) is 15.8. The van der Waals surface area contributed by atoms with Gasteiger partial charge in [0.2, 0.25) is 0 Å². The maximum atomic E-state index is 12.8. The van der Waals surface area contributed by atoms with Gasteiger partial charge in [0, 0.05) is 23.9 Å². The van der Waals surface area contributed by atoms with Gasteiger partial charge in [0.1, 0.15) is 17.4 Å². The molecule has 5 nitrogen and oxygen atoms in total. The molecular formula is C39H54O5. The highest BCUT2D eigenvalue weighted by Crippen LogP contribution is 2.67. The molecule has 6 rings (SSSR count). The number of fused-ring (bicyclic) bond motifs is 6. The lowest BCUT2D eigenvalue weighted by molar-refractivity contribution is -0.153. The minimum absolute atomic E-state index is 0.0874. The molecule has 240 valence electrons. The highest BCUT2D eigenvalue weighted by Gasteiger charge is 2.59. The molecule has 3 fully saturated rings. The van der Waals surface area contributed by atoms with Crippen molar-refractivity contribution in [2.24, 2.45) is 46.3 Å². The molecule has 1 aromatic heterocycles. The summed E-state index contributed by atoms with van der Waals surface area (Å²) in [6.07, 6.45) is 16.3. The zero-order valence-electron chi connectivity index (χ0n) is 28.0. The van der Waals surface area contributed by atoms with Crippen molar-refractivity contribution >= 4 is 16.9 Å². The van der Waals surface area contributed by atoms with Gasteiger partial charge in [0.15, 0.2) is 6.61 Å². The first-order chi connectivity index (χ1) is 21.0. The zero-order chi connectivity index (χ0) is 31.2. The van der Waals surface area contributed by atoms with E-state index in [1.807, 2.05) is 13.0 Å². The van der Waals surface area contributed by atoms with Gasteiger partial charge in [-0.25, -0.2) is 9.59 Å². The van der Waals surface area contributed by atoms with E-state index >= 15 is 0 Å². The molecule has 1 heterocycles. The van der Waals surface area contributed by atoms with E-state index in [0.29, 0.717) is 16.7 Å². The molecule has 5 heteroatoms. The number of benzene rings is 1. The Labute approximate surface area is 264 Å². The summed E-state index contributed by atoms with van der Waals surface area (Å²) in [7, 11) is 0. The van der Waals surface area contributed by atoms with Crippen LogP contribution < -0.4 is 10.4 Å². The number of rotatable bonds is 9. The molecule has 3 unspecified atom stereocenters. The first kappa shape index (κ1) is 31.4. The third-order valence-electron chi connectivity index (χ3n) is 12.8. The van der Waals surface area contributed by atoms with Crippen LogP contribution in [-0.2, 0) is 9.53 Å². The van der Waals surface area contributed by atoms with Gasteiger partial charge in [0.05, 0.1) is 0 Å². The van der Waals surface area contributed by atoms with Crippen molar-refractivity contribution in [2.45, 2.75) is 118 Å². The second kappa shape index (κ2) is 12.3. The molecule has 0 radical (unpaired) electrons. The Balaban J connectivity index is 1.05. The van der Waals surface area contributed by atoms with E-state index in [9.17, 15) is 9.59 Å². The fraction of sp³-hybridized carbons (Fsp3) is 0.692. The standard InChI is InChI=1S/C39H54O5/c1-24(2)8-7-9-25(3)32-14-15-33-31-12-10-27-21-29(16-18-38(27,5)34(31)17-19-39(32,33)6)43-37(41)23-42-28-11-13-30-26(4)20-36(40)44-35(30)22-28/h10-11,13,20,22,24-25,29,31-34H,7-9,12,14-19,21,23H2,1-6H3/t25-,29+,31?,32-,33?,34?,38+,39-/m1/s1. The fourth-order valence-electron chi connectivity index (χ4n) is 10.5. The van der Waals surface area contributed by atoms with Gasteiger partial charge >= 0.3 is 11.6 Å². The summed E-state index contributed by atoms with van der Waals surface area (Å²) in [6, 6.07) is 6.80. The summed E-state index contributed by atoms with van der Waals surface area (Å²) in [6.45, 7) is 14.2. The van der Waals surface area contributed by atoms with E-state index in [-0.39, 0.29) is 24.1 Å². The number of ether oxygens (including phenoxy) is 2. The predicted octanol–water partition coefficient (Wildman–Crippen LogP) is 9.43. The van der Waals surface area contributed by atoms with Crippen molar-refractivity contribution in [3.8, 4) is 5.75 Å². The molecule has 0 bridgehead atoms. The smallest absolute Gasteiger partial charge is 0.344 e. The summed E-state index contributed by atoms with van der Waals surface area (Å²) in [5.74, 6) is 5.10. The number of carbonyl (C=O) groups is 1. The average molecular weight is 603 g/mol. The molecule has 0 spiro atoms. The molecule has 8 atom stereocenters. The minimum atomic E-state index is -0.393. The van der Waals surface area contributed by atoms with Gasteiger partial charge in [-0.15, -0.1) is 0 Å². The van der Waals surface area contributed by atoms with Gasteiger partial charge in [-0.05, 0) is 116 Å². The fourth-order valence-corrected chi connectivity index (χ4v) is 10.5. The maximum absolute atomic E-state index is 12.8. The van der Waals surface area contributed by atoms with Crippen LogP contribution in [0.2, 0.25) is 0 Å². The van der Waals surface area contributed by atoms with Crippen molar-refractivity contribution in [3.63, 3.8) is 0 Å². The van der Waals surface area contributed by atoms with Crippen molar-refractivity contribution in [1.82, 2.24) is 0 Å². The Morgan fingerprint density at radius 2 is 1.84 bits per heavy atom. The third-order valence-corrected chi connectivity index (χ3v) is 12.8. The molecule has 4 aliphatic rings. The Hall–Kier alpha value is -2.56. The third kappa shape index (κ3) is 5.89. The number of esters is 1. The monoisotopic (exact) mass is 602 g/mol. The maximum Gasteiger partial charge on any atom is 0.344 e. The molecular weight excluding hydrogens is 548 g/mol. The lowest BCUT2D eigenvalue weighted by Gasteiger charge is -2.58. The molecule has 4 aliphatic carbocycles. The van der Waals surface area contributed by atoms with Gasteiger partial charge in [-0.1, -0.05) is 65.5 Å². The van der Waals surface area contributed by atoms with Crippen molar-refractivity contribution in [2.75, 3.05) is 6.61 Å². The Kier molecular flexibility index (Phi) is 8.80. The van der Waals surface area contributed by atoms with E-state index in [1.54, 1.807) is 12.1 Å². The topological polar surface area (TPSA) is 65.7 Å². The first-order valence-corrected chi connectivity index (χ1v) is 17.5. The molecule has 0 amide bonds. The van der Waals surface area contributed by atoms with Crippen LogP contribution in [0.5, 0.6) is 5.75 Å². The molecule has 0 saturated heterocycles. The molecule has 3 saturated carbocycles.